The second-order valence-electron chi connectivity index (χ2n) is 4.93. The van der Waals surface area contributed by atoms with Crippen molar-refractivity contribution < 1.29 is 5.11 Å². The number of halogens is 1. The average Bonchev–Trinajstić information content (AvgIpc) is 2.34. The van der Waals surface area contributed by atoms with Gasteiger partial charge >= 0.3 is 0 Å². The second kappa shape index (κ2) is 7.01. The van der Waals surface area contributed by atoms with Gasteiger partial charge < -0.3 is 10.0 Å². The molecule has 102 valence electrons. The number of anilines is 1. The summed E-state index contributed by atoms with van der Waals surface area (Å²) < 4.78 is 0. The van der Waals surface area contributed by atoms with Crippen LogP contribution in [0.4, 0.5) is 5.69 Å². The summed E-state index contributed by atoms with van der Waals surface area (Å²) in [6.07, 6.45) is 0.659. The lowest BCUT2D eigenvalue weighted by Crippen LogP contribution is -2.28. The number of nitrogens with zero attached hydrogens (tertiary/aromatic N) is 1. The summed E-state index contributed by atoms with van der Waals surface area (Å²) in [6.45, 7) is 10.4. The molecule has 0 spiro atoms. The van der Waals surface area contributed by atoms with Crippen molar-refractivity contribution in [2.24, 2.45) is 5.92 Å². The monoisotopic (exact) mass is 269 g/mol. The maximum Gasteiger partial charge on any atom is 0.0776 e. The predicted molar refractivity (Wildman–Crippen MR) is 79.4 cm³/mol. The molecule has 2 nitrogen and oxygen atoms in total. The van der Waals surface area contributed by atoms with Crippen molar-refractivity contribution in [1.82, 2.24) is 0 Å². The molecule has 1 rings (SSSR count). The lowest BCUT2D eigenvalue weighted by molar-refractivity contribution is 0.199. The van der Waals surface area contributed by atoms with Crippen LogP contribution in [0.5, 0.6) is 0 Å². The smallest absolute Gasteiger partial charge is 0.0776 e. The molecular formula is C15H24ClNO. The van der Waals surface area contributed by atoms with Gasteiger partial charge in [-0.15, -0.1) is 0 Å². The fourth-order valence-corrected chi connectivity index (χ4v) is 2.31. The molecule has 2 unspecified atom stereocenters. The van der Waals surface area contributed by atoms with E-state index in [4.69, 9.17) is 11.6 Å². The van der Waals surface area contributed by atoms with Gasteiger partial charge in [-0.1, -0.05) is 37.9 Å². The van der Waals surface area contributed by atoms with E-state index in [0.29, 0.717) is 10.9 Å². The Kier molecular flexibility index (Phi) is 5.97. The molecule has 0 aliphatic carbocycles. The van der Waals surface area contributed by atoms with Gasteiger partial charge in [-0.3, -0.25) is 0 Å². The molecule has 0 fully saturated rings. The Morgan fingerprint density at radius 3 is 2.39 bits per heavy atom. The van der Waals surface area contributed by atoms with E-state index in [1.54, 1.807) is 6.92 Å². The van der Waals surface area contributed by atoms with Crippen molar-refractivity contribution in [2.75, 3.05) is 18.0 Å². The van der Waals surface area contributed by atoms with Crippen molar-refractivity contribution in [3.63, 3.8) is 0 Å². The average molecular weight is 270 g/mol. The first-order valence-corrected chi connectivity index (χ1v) is 7.09. The van der Waals surface area contributed by atoms with Gasteiger partial charge in [0, 0.05) is 23.8 Å². The molecule has 1 aromatic rings. The Labute approximate surface area is 116 Å². The molecule has 0 amide bonds. The van der Waals surface area contributed by atoms with Crippen LogP contribution >= 0.6 is 11.6 Å². The minimum absolute atomic E-state index is 0.517. The summed E-state index contributed by atoms with van der Waals surface area (Å²) in [7, 11) is 0. The van der Waals surface area contributed by atoms with E-state index in [1.165, 1.54) is 6.42 Å². The van der Waals surface area contributed by atoms with Crippen LogP contribution in [0.25, 0.3) is 0 Å². The molecule has 18 heavy (non-hydrogen) atoms. The first kappa shape index (κ1) is 15.3. The SMILES string of the molecule is CCC(C)CN(CC)c1ccc(C(C)O)c(Cl)c1. The highest BCUT2D eigenvalue weighted by Crippen LogP contribution is 2.28. The number of hydrogen-bond donors (Lipinski definition) is 1. The molecule has 0 aromatic heterocycles. The molecule has 0 saturated heterocycles. The van der Waals surface area contributed by atoms with Crippen molar-refractivity contribution in [2.45, 2.75) is 40.2 Å². The summed E-state index contributed by atoms with van der Waals surface area (Å²) >= 11 is 6.21. The lowest BCUT2D eigenvalue weighted by atomic mass is 10.1. The van der Waals surface area contributed by atoms with Crippen LogP contribution in [-0.2, 0) is 0 Å². The largest absolute Gasteiger partial charge is 0.389 e. The van der Waals surface area contributed by atoms with Crippen LogP contribution in [0, 0.1) is 5.92 Å². The van der Waals surface area contributed by atoms with Crippen LogP contribution < -0.4 is 4.90 Å². The zero-order chi connectivity index (χ0) is 13.7. The van der Waals surface area contributed by atoms with Crippen LogP contribution in [0.2, 0.25) is 5.02 Å². The molecular weight excluding hydrogens is 246 g/mol. The van der Waals surface area contributed by atoms with Gasteiger partial charge in [-0.2, -0.15) is 0 Å². The van der Waals surface area contributed by atoms with E-state index < -0.39 is 6.10 Å². The number of aliphatic hydroxyl groups excluding tert-OH is 1. The molecule has 0 heterocycles. The van der Waals surface area contributed by atoms with Gasteiger partial charge in [0.25, 0.3) is 0 Å². The van der Waals surface area contributed by atoms with Crippen LogP contribution in [-0.4, -0.2) is 18.2 Å². The molecule has 2 atom stereocenters. The van der Waals surface area contributed by atoms with Gasteiger partial charge in [0.1, 0.15) is 0 Å². The number of rotatable bonds is 6. The first-order chi connectivity index (χ1) is 8.49. The summed E-state index contributed by atoms with van der Waals surface area (Å²) in [5.74, 6) is 0.667. The predicted octanol–water partition coefficient (Wildman–Crippen LogP) is 4.27. The Balaban J connectivity index is 2.90. The van der Waals surface area contributed by atoms with Gasteiger partial charge in [-0.25, -0.2) is 0 Å². The minimum atomic E-state index is -0.517. The highest BCUT2D eigenvalue weighted by molar-refractivity contribution is 6.31. The van der Waals surface area contributed by atoms with Crippen LogP contribution in [0.1, 0.15) is 45.8 Å². The zero-order valence-electron chi connectivity index (χ0n) is 11.8. The van der Waals surface area contributed by atoms with Gasteiger partial charge in [0.05, 0.1) is 6.10 Å². The highest BCUT2D eigenvalue weighted by Gasteiger charge is 2.12. The molecule has 0 bridgehead atoms. The first-order valence-electron chi connectivity index (χ1n) is 6.72. The van der Waals surface area contributed by atoms with Crippen molar-refractivity contribution in [3.05, 3.63) is 28.8 Å². The molecule has 0 saturated carbocycles. The van der Waals surface area contributed by atoms with Crippen LogP contribution in [0.15, 0.2) is 18.2 Å². The fourth-order valence-electron chi connectivity index (χ4n) is 1.97. The summed E-state index contributed by atoms with van der Waals surface area (Å²) in [4.78, 5) is 2.33. The summed E-state index contributed by atoms with van der Waals surface area (Å²) in [5.41, 5.74) is 1.92. The fraction of sp³-hybridized carbons (Fsp3) is 0.600. The van der Waals surface area contributed by atoms with E-state index >= 15 is 0 Å². The zero-order valence-corrected chi connectivity index (χ0v) is 12.5. The third-order valence-electron chi connectivity index (χ3n) is 3.41. The third-order valence-corrected chi connectivity index (χ3v) is 3.74. The number of hydrogen-bond acceptors (Lipinski definition) is 2. The third kappa shape index (κ3) is 3.89. The Hall–Kier alpha value is -0.730. The van der Waals surface area contributed by atoms with E-state index in [1.807, 2.05) is 18.2 Å². The van der Waals surface area contributed by atoms with Gasteiger partial charge in [0.15, 0.2) is 0 Å². The Bertz CT molecular complexity index is 379. The molecule has 1 aromatic carbocycles. The van der Waals surface area contributed by atoms with Crippen molar-refractivity contribution in [1.29, 1.82) is 0 Å². The van der Waals surface area contributed by atoms with Crippen molar-refractivity contribution in [3.8, 4) is 0 Å². The molecule has 1 N–H and O–H groups in total. The number of benzene rings is 1. The van der Waals surface area contributed by atoms with Gasteiger partial charge in [-0.05, 0) is 37.5 Å². The standard InChI is InChI=1S/C15H24ClNO/c1-5-11(3)10-17(6-2)13-7-8-14(12(4)18)15(16)9-13/h7-9,11-12,18H,5-6,10H2,1-4H3. The van der Waals surface area contributed by atoms with E-state index in [-0.39, 0.29) is 0 Å². The minimum Gasteiger partial charge on any atom is -0.389 e. The van der Waals surface area contributed by atoms with Gasteiger partial charge in [0.2, 0.25) is 0 Å². The lowest BCUT2D eigenvalue weighted by Gasteiger charge is -2.27. The van der Waals surface area contributed by atoms with Crippen molar-refractivity contribution >= 4 is 17.3 Å². The molecule has 0 radical (unpaired) electrons. The molecule has 0 aliphatic rings. The van der Waals surface area contributed by atoms with E-state index in [2.05, 4.69) is 25.7 Å². The topological polar surface area (TPSA) is 23.5 Å². The maximum absolute atomic E-state index is 9.58. The van der Waals surface area contributed by atoms with Crippen LogP contribution in [0.3, 0.4) is 0 Å². The normalized spacial score (nSPS) is 14.3. The number of aliphatic hydroxyl groups is 1. The molecule has 3 heteroatoms. The van der Waals surface area contributed by atoms with E-state index in [0.717, 1.165) is 24.3 Å². The quantitative estimate of drug-likeness (QED) is 0.834. The Morgan fingerprint density at radius 2 is 1.94 bits per heavy atom. The summed E-state index contributed by atoms with van der Waals surface area (Å²) in [5, 5.41) is 10.2. The Morgan fingerprint density at radius 1 is 1.28 bits per heavy atom. The second-order valence-corrected chi connectivity index (χ2v) is 5.34. The van der Waals surface area contributed by atoms with E-state index in [9.17, 15) is 5.11 Å². The molecule has 0 aliphatic heterocycles. The highest BCUT2D eigenvalue weighted by atomic mass is 35.5. The summed E-state index contributed by atoms with van der Waals surface area (Å²) in [6, 6.07) is 5.91. The maximum atomic E-state index is 9.58.